The lowest BCUT2D eigenvalue weighted by Gasteiger charge is -2.15. The number of rotatable bonds is 7. The molecule has 8 heteroatoms. The topological polar surface area (TPSA) is 133 Å². The Kier molecular flexibility index (Phi) is 5.82. The van der Waals surface area contributed by atoms with Gasteiger partial charge in [-0.25, -0.2) is 4.99 Å². The fourth-order valence-corrected chi connectivity index (χ4v) is 3.13. The van der Waals surface area contributed by atoms with Gasteiger partial charge in [0.05, 0.1) is 18.5 Å². The number of benzene rings is 2. The second-order valence-electron chi connectivity index (χ2n) is 6.61. The van der Waals surface area contributed by atoms with Crippen LogP contribution in [0.3, 0.4) is 0 Å². The van der Waals surface area contributed by atoms with E-state index in [1.54, 1.807) is 35.8 Å². The Hall–Kier alpha value is -3.81. The van der Waals surface area contributed by atoms with Gasteiger partial charge in [0.1, 0.15) is 5.75 Å². The second-order valence-corrected chi connectivity index (χ2v) is 6.61. The summed E-state index contributed by atoms with van der Waals surface area (Å²) < 4.78 is 7.27. The maximum atomic E-state index is 13.0. The highest BCUT2D eigenvalue weighted by atomic mass is 16.5. The minimum absolute atomic E-state index is 0.0856. The predicted molar refractivity (Wildman–Crippen MR) is 111 cm³/mol. The van der Waals surface area contributed by atoms with Gasteiger partial charge < -0.3 is 25.9 Å². The average Bonchev–Trinajstić information content (AvgIpc) is 2.65. The van der Waals surface area contributed by atoms with Gasteiger partial charge in [-0.2, -0.15) is 0 Å². The van der Waals surface area contributed by atoms with Crippen LogP contribution in [0.15, 0.2) is 64.4 Å². The molecule has 1 aromatic heterocycles. The Bertz CT molecular complexity index is 1120. The number of nitrogens with two attached hydrogens (primary N) is 2. The maximum Gasteiger partial charge on any atom is 0.308 e. The number of pyridine rings is 1. The van der Waals surface area contributed by atoms with E-state index in [2.05, 4.69) is 4.99 Å². The predicted octanol–water partition coefficient (Wildman–Crippen LogP) is 1.68. The molecule has 0 amide bonds. The van der Waals surface area contributed by atoms with Gasteiger partial charge in [-0.15, -0.1) is 0 Å². The molecule has 1 heterocycles. The zero-order valence-electron chi connectivity index (χ0n) is 15.9. The van der Waals surface area contributed by atoms with Crippen LogP contribution in [-0.4, -0.2) is 27.8 Å². The summed E-state index contributed by atoms with van der Waals surface area (Å²) in [6.45, 7) is 1.99. The molecule has 0 fully saturated rings. The highest BCUT2D eigenvalue weighted by Gasteiger charge is 2.14. The standard InChI is InChI=1S/C21H22N4O4/c1-13(24-21(22)23)29-17-8-7-15-9-16(10-19(26)27)20(28)25(18(15)11-17)12-14-5-3-2-4-6-14/h2-9,11,13H,10,12H2,1H3,(H,26,27)(H4,22,23,24). The largest absolute Gasteiger partial charge is 0.481 e. The third-order valence-electron chi connectivity index (χ3n) is 4.30. The van der Waals surface area contributed by atoms with Crippen molar-refractivity contribution in [2.24, 2.45) is 16.5 Å². The molecule has 1 unspecified atom stereocenters. The Morgan fingerprint density at radius 2 is 1.90 bits per heavy atom. The molecule has 3 aromatic rings. The molecule has 5 N–H and O–H groups in total. The quantitative estimate of drug-likeness (QED) is 0.412. The van der Waals surface area contributed by atoms with Gasteiger partial charge in [0.2, 0.25) is 0 Å². The highest BCUT2D eigenvalue weighted by Crippen LogP contribution is 2.23. The fourth-order valence-electron chi connectivity index (χ4n) is 3.13. The molecular weight excluding hydrogens is 372 g/mol. The number of hydrogen-bond donors (Lipinski definition) is 3. The molecule has 0 saturated heterocycles. The van der Waals surface area contributed by atoms with E-state index in [9.17, 15) is 9.59 Å². The minimum atomic E-state index is -1.06. The van der Waals surface area contributed by atoms with Crippen LogP contribution in [0.25, 0.3) is 10.9 Å². The Labute approximate surface area is 167 Å². The molecule has 150 valence electrons. The van der Waals surface area contributed by atoms with Crippen molar-refractivity contribution in [1.29, 1.82) is 0 Å². The molecule has 0 saturated carbocycles. The van der Waals surface area contributed by atoms with E-state index in [0.717, 1.165) is 10.9 Å². The molecule has 3 rings (SSSR count). The lowest BCUT2D eigenvalue weighted by atomic mass is 10.1. The molecular formula is C21H22N4O4. The molecule has 0 bridgehead atoms. The van der Waals surface area contributed by atoms with Crippen molar-refractivity contribution >= 4 is 22.8 Å². The molecule has 0 radical (unpaired) electrons. The number of hydrogen-bond acceptors (Lipinski definition) is 4. The van der Waals surface area contributed by atoms with Crippen molar-refractivity contribution in [2.75, 3.05) is 0 Å². The third kappa shape index (κ3) is 4.92. The Morgan fingerprint density at radius 1 is 1.17 bits per heavy atom. The zero-order chi connectivity index (χ0) is 21.0. The summed E-state index contributed by atoms with van der Waals surface area (Å²) in [5.41, 5.74) is 12.2. The molecule has 29 heavy (non-hydrogen) atoms. The number of aliphatic imine (C=N–C) groups is 1. The van der Waals surface area contributed by atoms with E-state index in [4.69, 9.17) is 21.3 Å². The first-order chi connectivity index (χ1) is 13.8. The van der Waals surface area contributed by atoms with E-state index in [0.29, 0.717) is 17.8 Å². The Balaban J connectivity index is 2.11. The fraction of sp³-hybridized carbons (Fsp3) is 0.190. The number of fused-ring (bicyclic) bond motifs is 1. The second kappa shape index (κ2) is 8.47. The lowest BCUT2D eigenvalue weighted by Crippen LogP contribution is -2.27. The molecule has 0 aliphatic heterocycles. The summed E-state index contributed by atoms with van der Waals surface area (Å²) in [4.78, 5) is 28.1. The van der Waals surface area contributed by atoms with Gasteiger partial charge in [0.25, 0.3) is 5.56 Å². The van der Waals surface area contributed by atoms with Crippen molar-refractivity contribution in [2.45, 2.75) is 26.1 Å². The van der Waals surface area contributed by atoms with Crippen LogP contribution in [0.2, 0.25) is 0 Å². The van der Waals surface area contributed by atoms with Crippen molar-refractivity contribution < 1.29 is 14.6 Å². The van der Waals surface area contributed by atoms with E-state index < -0.39 is 12.2 Å². The van der Waals surface area contributed by atoms with Gasteiger partial charge in [-0.05, 0) is 36.1 Å². The highest BCUT2D eigenvalue weighted by molar-refractivity contribution is 5.82. The van der Waals surface area contributed by atoms with Gasteiger partial charge in [0.15, 0.2) is 12.2 Å². The van der Waals surface area contributed by atoms with Crippen LogP contribution in [0.1, 0.15) is 18.1 Å². The summed E-state index contributed by atoms with van der Waals surface area (Å²) in [7, 11) is 0. The zero-order valence-corrected chi connectivity index (χ0v) is 15.9. The van der Waals surface area contributed by atoms with Gasteiger partial charge in [-0.1, -0.05) is 30.3 Å². The number of ether oxygens (including phenoxy) is 1. The van der Waals surface area contributed by atoms with Crippen LogP contribution in [0.5, 0.6) is 5.75 Å². The first-order valence-corrected chi connectivity index (χ1v) is 9.01. The molecule has 2 aromatic carbocycles. The molecule has 0 aliphatic carbocycles. The normalized spacial score (nSPS) is 11.8. The number of carboxylic acids is 1. The average molecular weight is 394 g/mol. The number of aromatic nitrogens is 1. The third-order valence-corrected chi connectivity index (χ3v) is 4.30. The van der Waals surface area contributed by atoms with Crippen LogP contribution < -0.4 is 21.8 Å². The van der Waals surface area contributed by atoms with Gasteiger partial charge in [-0.3, -0.25) is 9.59 Å². The summed E-state index contributed by atoms with van der Waals surface area (Å²) in [6, 6.07) is 16.3. The van der Waals surface area contributed by atoms with Gasteiger partial charge >= 0.3 is 5.97 Å². The van der Waals surface area contributed by atoms with Crippen LogP contribution in [-0.2, 0) is 17.8 Å². The molecule has 8 nitrogen and oxygen atoms in total. The van der Waals surface area contributed by atoms with Crippen LogP contribution in [0, 0.1) is 0 Å². The van der Waals surface area contributed by atoms with Crippen molar-refractivity contribution in [3.8, 4) is 5.75 Å². The Morgan fingerprint density at radius 3 is 2.55 bits per heavy atom. The molecule has 0 spiro atoms. The first-order valence-electron chi connectivity index (χ1n) is 9.01. The SMILES string of the molecule is CC(N=C(N)N)Oc1ccc2cc(CC(=O)O)c(=O)n(Cc3ccccc3)c2c1. The monoisotopic (exact) mass is 394 g/mol. The number of guanidine groups is 1. The number of nitrogens with zero attached hydrogens (tertiary/aromatic N) is 2. The minimum Gasteiger partial charge on any atom is -0.481 e. The molecule has 1 atom stereocenters. The van der Waals surface area contributed by atoms with Gasteiger partial charge in [0, 0.05) is 11.6 Å². The van der Waals surface area contributed by atoms with Crippen LogP contribution in [0.4, 0.5) is 0 Å². The van der Waals surface area contributed by atoms with E-state index in [-0.39, 0.29) is 23.5 Å². The van der Waals surface area contributed by atoms with Crippen molar-refractivity contribution in [3.05, 3.63) is 76.1 Å². The lowest BCUT2D eigenvalue weighted by molar-refractivity contribution is -0.136. The van der Waals surface area contributed by atoms with E-state index in [1.165, 1.54) is 0 Å². The number of carbonyl (C=O) groups is 1. The number of aliphatic carboxylic acids is 1. The summed E-state index contributed by atoms with van der Waals surface area (Å²) in [5.74, 6) is -0.654. The van der Waals surface area contributed by atoms with Crippen molar-refractivity contribution in [3.63, 3.8) is 0 Å². The van der Waals surface area contributed by atoms with E-state index in [1.807, 2.05) is 30.3 Å². The molecule has 0 aliphatic rings. The first kappa shape index (κ1) is 19.9. The van der Waals surface area contributed by atoms with E-state index >= 15 is 0 Å². The number of carboxylic acid groups (broad SMARTS) is 1. The van der Waals surface area contributed by atoms with Crippen LogP contribution >= 0.6 is 0 Å². The smallest absolute Gasteiger partial charge is 0.308 e. The summed E-state index contributed by atoms with van der Waals surface area (Å²) in [5, 5.41) is 9.89. The summed E-state index contributed by atoms with van der Waals surface area (Å²) >= 11 is 0. The maximum absolute atomic E-state index is 13.0. The van der Waals surface area contributed by atoms with Crippen molar-refractivity contribution in [1.82, 2.24) is 4.57 Å². The summed E-state index contributed by atoms with van der Waals surface area (Å²) in [6.07, 6.45) is -0.943.